The summed E-state index contributed by atoms with van der Waals surface area (Å²) in [7, 11) is 0. The van der Waals surface area contributed by atoms with E-state index in [4.69, 9.17) is 0 Å². The van der Waals surface area contributed by atoms with Crippen molar-refractivity contribution < 1.29 is 18.0 Å². The van der Waals surface area contributed by atoms with E-state index >= 15 is 0 Å². The Hall–Kier alpha value is -2.34. The zero-order valence-corrected chi connectivity index (χ0v) is 16.6. The van der Waals surface area contributed by atoms with Gasteiger partial charge in [-0.1, -0.05) is 42.5 Å². The van der Waals surface area contributed by atoms with Gasteiger partial charge in [0.15, 0.2) is 0 Å². The highest BCUT2D eigenvalue weighted by Crippen LogP contribution is 2.46. The van der Waals surface area contributed by atoms with Crippen molar-refractivity contribution in [1.82, 2.24) is 9.80 Å². The molecule has 2 aliphatic heterocycles. The van der Waals surface area contributed by atoms with Crippen LogP contribution in [0.1, 0.15) is 35.2 Å². The number of halogens is 3. The summed E-state index contributed by atoms with van der Waals surface area (Å²) in [4.78, 5) is 16.3. The lowest BCUT2D eigenvalue weighted by atomic mass is 9.87. The predicted octanol–water partition coefficient (Wildman–Crippen LogP) is 4.67. The molecular formula is C23H25F3N2O. The highest BCUT2D eigenvalue weighted by atomic mass is 19.4. The van der Waals surface area contributed by atoms with E-state index in [2.05, 4.69) is 11.0 Å². The Bertz CT molecular complexity index is 911. The number of carbonyl (C=O) groups excluding carboxylic acids is 1. The molecule has 29 heavy (non-hydrogen) atoms. The first-order chi connectivity index (χ1) is 13.8. The summed E-state index contributed by atoms with van der Waals surface area (Å²) in [5.41, 5.74) is 2.05. The van der Waals surface area contributed by atoms with Crippen LogP contribution in [-0.4, -0.2) is 35.3 Å². The van der Waals surface area contributed by atoms with E-state index in [1.807, 2.05) is 30.0 Å². The van der Waals surface area contributed by atoms with Gasteiger partial charge in [0.2, 0.25) is 5.91 Å². The van der Waals surface area contributed by atoms with Crippen molar-refractivity contribution in [2.75, 3.05) is 19.6 Å². The molecule has 0 aromatic heterocycles. The number of benzene rings is 2. The quantitative estimate of drug-likeness (QED) is 0.745. The molecule has 0 radical (unpaired) electrons. The molecule has 0 N–H and O–H groups in total. The molecule has 0 saturated carbocycles. The lowest BCUT2D eigenvalue weighted by Gasteiger charge is -2.30. The number of hydrogen-bond acceptors (Lipinski definition) is 2. The molecule has 2 aliphatic rings. The summed E-state index contributed by atoms with van der Waals surface area (Å²) in [6.07, 6.45) is -4.35. The highest BCUT2D eigenvalue weighted by Gasteiger charge is 2.48. The molecular weight excluding hydrogens is 377 g/mol. The van der Waals surface area contributed by atoms with Crippen molar-refractivity contribution in [2.45, 2.75) is 32.6 Å². The summed E-state index contributed by atoms with van der Waals surface area (Å²) in [5.74, 6) is 0.571. The first-order valence-corrected chi connectivity index (χ1v) is 9.96. The van der Waals surface area contributed by atoms with Gasteiger partial charge in [0.1, 0.15) is 0 Å². The summed E-state index contributed by atoms with van der Waals surface area (Å²) in [6, 6.07) is 13.9. The monoisotopic (exact) mass is 402 g/mol. The minimum Gasteiger partial charge on any atom is -0.335 e. The van der Waals surface area contributed by atoms with E-state index in [9.17, 15) is 18.0 Å². The summed E-state index contributed by atoms with van der Waals surface area (Å²) < 4.78 is 40.1. The summed E-state index contributed by atoms with van der Waals surface area (Å²) >= 11 is 0. The number of fused-ring (bicyclic) bond motifs is 1. The van der Waals surface area contributed by atoms with Crippen LogP contribution in [0.3, 0.4) is 0 Å². The van der Waals surface area contributed by atoms with Gasteiger partial charge in [-0.3, -0.25) is 9.69 Å². The van der Waals surface area contributed by atoms with Crippen molar-refractivity contribution in [3.05, 3.63) is 70.8 Å². The number of rotatable bonds is 3. The lowest BCUT2D eigenvalue weighted by Crippen LogP contribution is -2.34. The first-order valence-electron chi connectivity index (χ1n) is 9.96. The minimum absolute atomic E-state index is 0.0124. The van der Waals surface area contributed by atoms with Crippen LogP contribution in [0.5, 0.6) is 0 Å². The lowest BCUT2D eigenvalue weighted by molar-refractivity contribution is -0.138. The Kier molecular flexibility index (Phi) is 5.15. The molecule has 2 aromatic carbocycles. The normalized spacial score (nSPS) is 24.7. The van der Waals surface area contributed by atoms with Crippen molar-refractivity contribution in [2.24, 2.45) is 11.8 Å². The van der Waals surface area contributed by atoms with Gasteiger partial charge in [0.05, 0.1) is 11.6 Å². The molecule has 0 aliphatic carbocycles. The van der Waals surface area contributed by atoms with Crippen LogP contribution in [0.4, 0.5) is 13.2 Å². The fourth-order valence-corrected chi connectivity index (χ4v) is 5.08. The third-order valence-corrected chi connectivity index (χ3v) is 6.37. The van der Waals surface area contributed by atoms with Gasteiger partial charge in [-0.05, 0) is 35.6 Å². The van der Waals surface area contributed by atoms with Gasteiger partial charge in [-0.2, -0.15) is 13.2 Å². The summed E-state index contributed by atoms with van der Waals surface area (Å²) in [5, 5.41) is 0. The van der Waals surface area contributed by atoms with Crippen LogP contribution >= 0.6 is 0 Å². The van der Waals surface area contributed by atoms with E-state index in [1.165, 1.54) is 6.07 Å². The minimum atomic E-state index is -4.35. The van der Waals surface area contributed by atoms with E-state index < -0.39 is 11.7 Å². The van der Waals surface area contributed by atoms with Crippen LogP contribution in [0.25, 0.3) is 0 Å². The molecule has 1 amide bonds. The highest BCUT2D eigenvalue weighted by molar-refractivity contribution is 5.74. The molecule has 0 spiro atoms. The van der Waals surface area contributed by atoms with Crippen LogP contribution < -0.4 is 0 Å². The van der Waals surface area contributed by atoms with Crippen LogP contribution in [0, 0.1) is 18.8 Å². The van der Waals surface area contributed by atoms with Gasteiger partial charge in [-0.15, -0.1) is 0 Å². The maximum atomic E-state index is 13.4. The number of carbonyl (C=O) groups is 1. The number of amides is 1. The van der Waals surface area contributed by atoms with Crippen molar-refractivity contribution in [3.8, 4) is 0 Å². The average Bonchev–Trinajstić information content (AvgIpc) is 3.19. The Morgan fingerprint density at radius 2 is 1.72 bits per heavy atom. The molecule has 6 heteroatoms. The molecule has 4 rings (SSSR count). The second-order valence-corrected chi connectivity index (χ2v) is 8.25. The largest absolute Gasteiger partial charge is 0.416 e. The van der Waals surface area contributed by atoms with Crippen molar-refractivity contribution in [3.63, 3.8) is 0 Å². The van der Waals surface area contributed by atoms with Gasteiger partial charge in [0.25, 0.3) is 0 Å². The second-order valence-electron chi connectivity index (χ2n) is 8.25. The van der Waals surface area contributed by atoms with Crippen LogP contribution in [0.2, 0.25) is 0 Å². The van der Waals surface area contributed by atoms with Gasteiger partial charge >= 0.3 is 6.18 Å². The van der Waals surface area contributed by atoms with E-state index in [1.54, 1.807) is 19.1 Å². The Balaban J connectivity index is 1.58. The van der Waals surface area contributed by atoms with Gasteiger partial charge < -0.3 is 4.90 Å². The Labute approximate surface area is 169 Å². The first kappa shape index (κ1) is 20.0. The number of likely N-dealkylation sites (tertiary alicyclic amines) is 2. The zero-order chi connectivity index (χ0) is 20.8. The molecule has 3 nitrogen and oxygen atoms in total. The maximum absolute atomic E-state index is 13.4. The molecule has 2 heterocycles. The average molecular weight is 402 g/mol. The maximum Gasteiger partial charge on any atom is 0.416 e. The number of hydrogen-bond donors (Lipinski definition) is 0. The van der Waals surface area contributed by atoms with Gasteiger partial charge in [-0.25, -0.2) is 0 Å². The second kappa shape index (κ2) is 7.48. The number of alkyl halides is 3. The summed E-state index contributed by atoms with van der Waals surface area (Å²) in [6.45, 7) is 6.00. The van der Waals surface area contributed by atoms with E-state index in [-0.39, 0.29) is 30.3 Å². The van der Waals surface area contributed by atoms with Gasteiger partial charge in [0, 0.05) is 39.0 Å². The fourth-order valence-electron chi connectivity index (χ4n) is 5.08. The van der Waals surface area contributed by atoms with Crippen LogP contribution in [-0.2, 0) is 17.5 Å². The smallest absolute Gasteiger partial charge is 0.335 e. The standard InChI is InChI=1S/C23H25F3N2O/c1-15-7-3-5-9-19(15)22-20-14-27(12-18(20)13-28(22)16(2)29)11-17-8-4-6-10-21(17)23(24,25)26/h3-10,18,20,22H,11-14H2,1-2H3/t18-,20-,22+/m1/s1. The van der Waals surface area contributed by atoms with E-state index in [0.717, 1.165) is 17.2 Å². The molecule has 0 unspecified atom stereocenters. The van der Waals surface area contributed by atoms with Crippen molar-refractivity contribution >= 4 is 5.91 Å². The topological polar surface area (TPSA) is 23.6 Å². The molecule has 2 fully saturated rings. The Morgan fingerprint density at radius 1 is 1.03 bits per heavy atom. The Morgan fingerprint density at radius 3 is 2.41 bits per heavy atom. The third kappa shape index (κ3) is 3.78. The van der Waals surface area contributed by atoms with E-state index in [0.29, 0.717) is 25.2 Å². The third-order valence-electron chi connectivity index (χ3n) is 6.37. The molecule has 154 valence electrons. The molecule has 3 atom stereocenters. The number of aryl methyl sites for hydroxylation is 1. The SMILES string of the molecule is CC(=O)N1C[C@H]2CN(Cc3ccccc3C(F)(F)F)C[C@H]2[C@@H]1c1ccccc1C. The van der Waals surface area contributed by atoms with Crippen LogP contribution in [0.15, 0.2) is 48.5 Å². The zero-order valence-electron chi connectivity index (χ0n) is 16.6. The molecule has 2 saturated heterocycles. The molecule has 0 bridgehead atoms. The number of nitrogens with zero attached hydrogens (tertiary/aromatic N) is 2. The predicted molar refractivity (Wildman–Crippen MR) is 105 cm³/mol. The van der Waals surface area contributed by atoms with Crippen molar-refractivity contribution in [1.29, 1.82) is 0 Å². The fraction of sp³-hybridized carbons (Fsp3) is 0.435. The molecule has 2 aromatic rings.